The molecule has 0 radical (unpaired) electrons. The zero-order chi connectivity index (χ0) is 30.3. The molecular weight excluding hydrogens is 538 g/mol. The third-order valence-electron chi connectivity index (χ3n) is 8.77. The Balaban J connectivity index is 1.48. The lowest BCUT2D eigenvalue weighted by Crippen LogP contribution is -2.58. The van der Waals surface area contributed by atoms with Crippen molar-refractivity contribution in [2.75, 3.05) is 20.3 Å². The lowest BCUT2D eigenvalue weighted by Gasteiger charge is -2.41. The van der Waals surface area contributed by atoms with Gasteiger partial charge in [0.05, 0.1) is 26.8 Å². The fraction of sp³-hybridized carbons (Fsp3) is 0.562. The van der Waals surface area contributed by atoms with E-state index in [0.29, 0.717) is 25.9 Å². The minimum atomic E-state index is -0.941. The number of carbonyl (C=O) groups is 4. The Hall–Kier alpha value is -3.82. The third kappa shape index (κ3) is 6.97. The van der Waals surface area contributed by atoms with E-state index in [0.717, 1.165) is 48.8 Å². The summed E-state index contributed by atoms with van der Waals surface area (Å²) >= 11 is 0. The molecule has 1 aromatic rings. The zero-order valence-electron chi connectivity index (χ0n) is 24.8. The van der Waals surface area contributed by atoms with Crippen molar-refractivity contribution in [2.24, 2.45) is 5.41 Å². The molecule has 0 unspecified atom stereocenters. The van der Waals surface area contributed by atoms with E-state index in [9.17, 15) is 19.2 Å². The number of carbonyl (C=O) groups excluding carboxylic acids is 4. The Bertz CT molecular complexity index is 1190. The maximum Gasteiger partial charge on any atom is 0.410 e. The highest BCUT2D eigenvalue weighted by Gasteiger charge is 2.49. The van der Waals surface area contributed by atoms with Crippen LogP contribution in [0.15, 0.2) is 37.4 Å². The number of rotatable bonds is 10. The minimum absolute atomic E-state index is 0.0195. The van der Waals surface area contributed by atoms with Crippen LogP contribution in [0.2, 0.25) is 0 Å². The normalized spacial score (nSPS) is 21.6. The number of methoxy groups -OCH3 is 1. The molecule has 10 nitrogen and oxygen atoms in total. The third-order valence-corrected chi connectivity index (χ3v) is 8.77. The van der Waals surface area contributed by atoms with Crippen LogP contribution in [-0.2, 0) is 36.9 Å². The lowest BCUT2D eigenvalue weighted by molar-refractivity contribution is -0.153. The topological polar surface area (TPSA) is 114 Å². The molecule has 0 spiro atoms. The van der Waals surface area contributed by atoms with Crippen molar-refractivity contribution in [2.45, 2.75) is 89.6 Å². The zero-order valence-corrected chi connectivity index (χ0v) is 24.8. The number of amides is 3. The molecule has 3 atom stereocenters. The highest BCUT2D eigenvalue weighted by atomic mass is 16.6. The maximum atomic E-state index is 14.2. The van der Waals surface area contributed by atoms with Crippen molar-refractivity contribution in [1.82, 2.24) is 15.1 Å². The number of ether oxygens (including phenoxy) is 3. The number of nitrogens with zero attached hydrogens (tertiary/aromatic N) is 2. The van der Waals surface area contributed by atoms with E-state index in [-0.39, 0.29) is 19.6 Å². The van der Waals surface area contributed by atoms with Gasteiger partial charge < -0.3 is 24.4 Å². The van der Waals surface area contributed by atoms with E-state index in [4.69, 9.17) is 14.2 Å². The second-order valence-corrected chi connectivity index (χ2v) is 11.7. The monoisotopic (exact) mass is 581 g/mol. The number of allylic oxidation sites excluding steroid dienone is 1. The van der Waals surface area contributed by atoms with E-state index < -0.39 is 47.7 Å². The van der Waals surface area contributed by atoms with E-state index in [1.807, 2.05) is 25.1 Å². The number of hydrogen-bond donors (Lipinski definition) is 1. The van der Waals surface area contributed by atoms with Crippen molar-refractivity contribution in [3.63, 3.8) is 0 Å². The molecule has 1 aliphatic carbocycles. The van der Waals surface area contributed by atoms with E-state index in [1.165, 1.54) is 12.0 Å². The summed E-state index contributed by atoms with van der Waals surface area (Å²) < 4.78 is 16.2. The van der Waals surface area contributed by atoms with Gasteiger partial charge in [-0.15, -0.1) is 6.58 Å². The molecule has 3 aliphatic rings. The van der Waals surface area contributed by atoms with Crippen molar-refractivity contribution in [1.29, 1.82) is 0 Å². The van der Waals surface area contributed by atoms with Crippen LogP contribution >= 0.6 is 0 Å². The SMILES string of the molecule is C=CCCCOC(=O)N[C@H](C(=O)N1C[C@H](OC(=O)N2Cc3cccc(C=C)c3C2)C[C@H]1C(=O)OC)C1(C)CCCCC1. The van der Waals surface area contributed by atoms with Gasteiger partial charge in [-0.25, -0.2) is 14.4 Å². The van der Waals surface area contributed by atoms with Crippen LogP contribution in [0.3, 0.4) is 0 Å². The Labute approximate surface area is 248 Å². The average molecular weight is 582 g/mol. The molecule has 1 saturated carbocycles. The molecule has 1 aromatic carbocycles. The first-order valence-corrected chi connectivity index (χ1v) is 14.8. The number of hydrogen-bond acceptors (Lipinski definition) is 7. The number of benzene rings is 1. The molecule has 42 heavy (non-hydrogen) atoms. The maximum absolute atomic E-state index is 14.2. The summed E-state index contributed by atoms with van der Waals surface area (Å²) in [6, 6.07) is 4.01. The number of esters is 1. The lowest BCUT2D eigenvalue weighted by atomic mass is 9.70. The van der Waals surface area contributed by atoms with Gasteiger partial charge in [-0.3, -0.25) is 9.69 Å². The number of nitrogens with one attached hydrogen (secondary N) is 1. The van der Waals surface area contributed by atoms with Gasteiger partial charge in [-0.2, -0.15) is 0 Å². The summed E-state index contributed by atoms with van der Waals surface area (Å²) in [5.74, 6) is -0.994. The molecule has 1 saturated heterocycles. The Morgan fingerprint density at radius 3 is 2.60 bits per heavy atom. The van der Waals surface area contributed by atoms with E-state index in [1.54, 1.807) is 17.1 Å². The van der Waals surface area contributed by atoms with Gasteiger partial charge in [-0.05, 0) is 47.8 Å². The second-order valence-electron chi connectivity index (χ2n) is 11.7. The summed E-state index contributed by atoms with van der Waals surface area (Å²) in [4.78, 5) is 56.0. The highest BCUT2D eigenvalue weighted by molar-refractivity contribution is 5.91. The predicted molar refractivity (Wildman–Crippen MR) is 157 cm³/mol. The number of alkyl carbamates (subject to hydrolysis) is 1. The Kier molecular flexibility index (Phi) is 10.3. The van der Waals surface area contributed by atoms with Gasteiger partial charge in [0.15, 0.2) is 0 Å². The van der Waals surface area contributed by atoms with E-state index >= 15 is 0 Å². The molecule has 2 aliphatic heterocycles. The fourth-order valence-corrected chi connectivity index (χ4v) is 6.37. The summed E-state index contributed by atoms with van der Waals surface area (Å²) in [7, 11) is 1.27. The molecular formula is C32H43N3O7. The predicted octanol–water partition coefficient (Wildman–Crippen LogP) is 4.96. The molecule has 1 N–H and O–H groups in total. The Morgan fingerprint density at radius 2 is 1.90 bits per heavy atom. The van der Waals surface area contributed by atoms with Crippen molar-refractivity contribution >= 4 is 30.1 Å². The van der Waals surface area contributed by atoms with Gasteiger partial charge in [-0.1, -0.05) is 63.1 Å². The van der Waals surface area contributed by atoms with Gasteiger partial charge in [0.2, 0.25) is 5.91 Å². The van der Waals surface area contributed by atoms with Gasteiger partial charge >= 0.3 is 18.2 Å². The molecule has 4 rings (SSSR count). The van der Waals surface area contributed by atoms with Gasteiger partial charge in [0.1, 0.15) is 18.2 Å². The van der Waals surface area contributed by atoms with Crippen LogP contribution < -0.4 is 5.32 Å². The first-order valence-electron chi connectivity index (χ1n) is 14.8. The van der Waals surface area contributed by atoms with E-state index in [2.05, 4.69) is 18.5 Å². The van der Waals surface area contributed by atoms with Crippen LogP contribution in [0.25, 0.3) is 6.08 Å². The van der Waals surface area contributed by atoms with Crippen LogP contribution in [0, 0.1) is 5.41 Å². The van der Waals surface area contributed by atoms with Crippen LogP contribution in [0.5, 0.6) is 0 Å². The Morgan fingerprint density at radius 1 is 1.14 bits per heavy atom. The van der Waals surface area contributed by atoms with Crippen molar-refractivity contribution in [3.05, 3.63) is 54.1 Å². The first kappa shape index (κ1) is 31.1. The van der Waals surface area contributed by atoms with Crippen LogP contribution in [-0.4, -0.2) is 72.3 Å². The highest BCUT2D eigenvalue weighted by Crippen LogP contribution is 2.40. The molecule has 3 amide bonds. The van der Waals surface area contributed by atoms with Gasteiger partial charge in [0, 0.05) is 13.0 Å². The average Bonchev–Trinajstić information content (AvgIpc) is 3.62. The largest absolute Gasteiger partial charge is 0.467 e. The smallest absolute Gasteiger partial charge is 0.410 e. The number of likely N-dealkylation sites (tertiary alicyclic amines) is 1. The molecule has 10 heteroatoms. The summed E-state index contributed by atoms with van der Waals surface area (Å²) in [6.07, 6.45) is 7.50. The molecule has 0 bridgehead atoms. The van der Waals surface area contributed by atoms with Crippen LogP contribution in [0.1, 0.15) is 75.0 Å². The molecule has 2 fully saturated rings. The summed E-state index contributed by atoms with van der Waals surface area (Å²) in [5, 5.41) is 2.83. The minimum Gasteiger partial charge on any atom is -0.467 e. The quantitative estimate of drug-likeness (QED) is 0.180. The molecule has 2 heterocycles. The fourth-order valence-electron chi connectivity index (χ4n) is 6.37. The second kappa shape index (κ2) is 13.9. The number of fused-ring (bicyclic) bond motifs is 1. The first-order chi connectivity index (χ1) is 20.2. The summed E-state index contributed by atoms with van der Waals surface area (Å²) in [5.41, 5.74) is 2.52. The standard InChI is InChI=1S/C32H43N3O7/c1-5-7-11-17-41-30(38)33-27(32(3)15-9-8-10-16-32)28(36)35-20-24(18-26(35)29(37)40-4)42-31(39)34-19-23-14-12-13-22(6-2)25(23)21-34/h5-6,12-14,24,26-27H,1-2,7-11,15-21H2,3-4H3,(H,33,38)/t24-,26+,27-/m1/s1. The molecule has 228 valence electrons. The summed E-state index contributed by atoms with van der Waals surface area (Å²) in [6.45, 7) is 10.6. The van der Waals surface area contributed by atoms with Gasteiger partial charge in [0.25, 0.3) is 0 Å². The molecule has 0 aromatic heterocycles. The number of unbranched alkanes of at least 4 members (excludes halogenated alkanes) is 1. The van der Waals surface area contributed by atoms with Crippen LogP contribution in [0.4, 0.5) is 9.59 Å². The van der Waals surface area contributed by atoms with Crippen molar-refractivity contribution < 1.29 is 33.4 Å². The van der Waals surface area contributed by atoms with Crippen molar-refractivity contribution in [3.8, 4) is 0 Å².